The van der Waals surface area contributed by atoms with Gasteiger partial charge >= 0.3 is 0 Å². The highest BCUT2D eigenvalue weighted by atomic mass is 32.2. The van der Waals surface area contributed by atoms with Crippen molar-refractivity contribution >= 4 is 29.4 Å². The summed E-state index contributed by atoms with van der Waals surface area (Å²) in [5.41, 5.74) is 10.4. The lowest BCUT2D eigenvalue weighted by Crippen LogP contribution is -1.93. The summed E-state index contributed by atoms with van der Waals surface area (Å²) in [6.07, 6.45) is 8.40. The van der Waals surface area contributed by atoms with Crippen molar-refractivity contribution in [3.05, 3.63) is 54.1 Å². The molecule has 0 atom stereocenters. The van der Waals surface area contributed by atoms with E-state index < -0.39 is 0 Å². The largest absolute Gasteiger partial charge is 0.496 e. The highest BCUT2D eigenvalue weighted by Gasteiger charge is 2.05. The van der Waals surface area contributed by atoms with Crippen LogP contribution in [-0.4, -0.2) is 23.9 Å². The van der Waals surface area contributed by atoms with Crippen LogP contribution in [0.15, 0.2) is 53.4 Å². The molecule has 2 aromatic rings. The van der Waals surface area contributed by atoms with Gasteiger partial charge in [-0.3, -0.25) is 0 Å². The number of rotatable bonds is 12. The zero-order valence-electron chi connectivity index (χ0n) is 15.4. The molecule has 5 heteroatoms. The molecule has 0 aliphatic carbocycles. The normalized spacial score (nSPS) is 10.2. The molecular formula is C21H27N3OS. The van der Waals surface area contributed by atoms with Crippen molar-refractivity contribution < 1.29 is 9.53 Å². The summed E-state index contributed by atoms with van der Waals surface area (Å²) in [4.78, 5) is 4.20. The van der Waals surface area contributed by atoms with E-state index in [1.165, 1.54) is 30.6 Å². The molecule has 0 bridgehead atoms. The maximum atomic E-state index is 8.33. The van der Waals surface area contributed by atoms with Gasteiger partial charge in [0, 0.05) is 28.8 Å². The molecule has 0 saturated carbocycles. The number of hydrogen-bond donors (Lipinski definition) is 1. The van der Waals surface area contributed by atoms with Gasteiger partial charge < -0.3 is 15.6 Å². The molecular weight excluding hydrogens is 342 g/mol. The Hall–Kier alpha value is -2.23. The number of thioether (sulfide) groups is 1. The number of ether oxygens (including phenoxy) is 1. The van der Waals surface area contributed by atoms with E-state index in [0.717, 1.165) is 35.7 Å². The van der Waals surface area contributed by atoms with Crippen LogP contribution >= 0.6 is 11.8 Å². The number of nitrogens with zero attached hydrogens (tertiary/aromatic N) is 2. The van der Waals surface area contributed by atoms with Crippen molar-refractivity contribution in [3.8, 4) is 5.75 Å². The van der Waals surface area contributed by atoms with Gasteiger partial charge in [0.15, 0.2) is 0 Å². The molecule has 138 valence electrons. The Labute approximate surface area is 160 Å². The van der Waals surface area contributed by atoms with Gasteiger partial charge in [-0.2, -0.15) is 4.79 Å². The Morgan fingerprint density at radius 2 is 1.77 bits per heavy atom. The topological polar surface area (TPSA) is 57.7 Å². The fraction of sp³-hybridized carbons (Fsp3) is 0.381. The van der Waals surface area contributed by atoms with E-state index in [1.807, 2.05) is 42.1 Å². The first-order chi connectivity index (χ1) is 12.8. The molecule has 0 unspecified atom stereocenters. The molecule has 0 aromatic heterocycles. The van der Waals surface area contributed by atoms with E-state index in [-0.39, 0.29) is 0 Å². The number of hydrogen-bond acceptors (Lipinski definition) is 3. The molecule has 0 aliphatic rings. The molecule has 26 heavy (non-hydrogen) atoms. The van der Waals surface area contributed by atoms with Gasteiger partial charge in [0.1, 0.15) is 5.75 Å². The smallest absolute Gasteiger partial charge is 0.257 e. The fourth-order valence-electron chi connectivity index (χ4n) is 2.66. The molecule has 2 rings (SSSR count). The molecule has 0 spiro atoms. The van der Waals surface area contributed by atoms with Crippen molar-refractivity contribution in [2.75, 3.05) is 18.2 Å². The lowest BCUT2D eigenvalue weighted by atomic mass is 10.1. The first-order valence-corrected chi connectivity index (χ1v) is 10.1. The van der Waals surface area contributed by atoms with Crippen molar-refractivity contribution in [2.24, 2.45) is 0 Å². The van der Waals surface area contributed by atoms with Crippen LogP contribution in [0.1, 0.15) is 38.5 Å². The minimum atomic E-state index is 0.867. The van der Waals surface area contributed by atoms with Crippen molar-refractivity contribution in [1.82, 2.24) is 0 Å². The monoisotopic (exact) mass is 369 g/mol. The summed E-state index contributed by atoms with van der Waals surface area (Å²) in [6, 6.07) is 16.4. The van der Waals surface area contributed by atoms with Crippen molar-refractivity contribution in [3.63, 3.8) is 0 Å². The number of nitrogens with one attached hydrogen (secondary N) is 1. The number of anilines is 2. The van der Waals surface area contributed by atoms with Crippen LogP contribution in [0.3, 0.4) is 0 Å². The van der Waals surface area contributed by atoms with Gasteiger partial charge in [-0.05, 0) is 42.9 Å². The summed E-state index contributed by atoms with van der Waals surface area (Å²) in [5, 5.41) is 3.40. The average molecular weight is 370 g/mol. The highest BCUT2D eigenvalue weighted by Crippen LogP contribution is 2.33. The molecule has 2 aromatic carbocycles. The van der Waals surface area contributed by atoms with E-state index in [4.69, 9.17) is 10.3 Å². The Balaban J connectivity index is 1.74. The molecule has 0 radical (unpaired) electrons. The standard InChI is InChI=1S/C21H27N3OS/c1-25-20-17-19(24-18-11-7-6-8-12-18)13-14-21(20)26-16-10-5-3-2-4-9-15-23-22/h6-8,11-15,17,24H,2-5,9-10,16H2,1H3. The lowest BCUT2D eigenvalue weighted by Gasteiger charge is -2.12. The highest BCUT2D eigenvalue weighted by molar-refractivity contribution is 7.99. The second-order valence-corrected chi connectivity index (χ2v) is 7.20. The third kappa shape index (κ3) is 7.34. The van der Waals surface area contributed by atoms with Crippen LogP contribution in [-0.2, 0) is 0 Å². The van der Waals surface area contributed by atoms with E-state index in [0.29, 0.717) is 0 Å². The Bertz CT molecular complexity index is 700. The summed E-state index contributed by atoms with van der Waals surface area (Å²) in [7, 11) is 1.72. The fourth-order valence-corrected chi connectivity index (χ4v) is 3.68. The third-order valence-electron chi connectivity index (χ3n) is 4.04. The van der Waals surface area contributed by atoms with Gasteiger partial charge in [-0.25, -0.2) is 0 Å². The quantitative estimate of drug-likeness (QED) is 0.160. The van der Waals surface area contributed by atoms with Crippen LogP contribution in [0.25, 0.3) is 5.53 Å². The average Bonchev–Trinajstić information content (AvgIpc) is 2.68. The molecule has 0 aliphatic heterocycles. The predicted molar refractivity (Wildman–Crippen MR) is 111 cm³/mol. The van der Waals surface area contributed by atoms with E-state index in [1.54, 1.807) is 13.3 Å². The Morgan fingerprint density at radius 3 is 2.54 bits per heavy atom. The number of methoxy groups -OCH3 is 1. The molecule has 0 saturated heterocycles. The van der Waals surface area contributed by atoms with Gasteiger partial charge in [0.25, 0.3) is 6.21 Å². The zero-order valence-corrected chi connectivity index (χ0v) is 16.2. The van der Waals surface area contributed by atoms with Crippen molar-refractivity contribution in [2.45, 2.75) is 43.4 Å². The van der Waals surface area contributed by atoms with Crippen molar-refractivity contribution in [1.29, 1.82) is 0 Å². The minimum Gasteiger partial charge on any atom is -0.496 e. The van der Waals surface area contributed by atoms with E-state index in [9.17, 15) is 0 Å². The summed E-state index contributed by atoms with van der Waals surface area (Å²) >= 11 is 1.85. The van der Waals surface area contributed by atoms with E-state index >= 15 is 0 Å². The molecule has 1 N–H and O–H groups in total. The van der Waals surface area contributed by atoms with Gasteiger partial charge in [-0.1, -0.05) is 37.5 Å². The number of benzene rings is 2. The summed E-state index contributed by atoms with van der Waals surface area (Å²) in [6.45, 7) is 0. The maximum Gasteiger partial charge on any atom is 0.257 e. The summed E-state index contributed by atoms with van der Waals surface area (Å²) in [5.74, 6) is 2.01. The minimum absolute atomic E-state index is 0.867. The maximum absolute atomic E-state index is 8.33. The van der Waals surface area contributed by atoms with Gasteiger partial charge in [0.2, 0.25) is 0 Å². The molecule has 0 amide bonds. The van der Waals surface area contributed by atoms with E-state index in [2.05, 4.69) is 28.3 Å². The van der Waals surface area contributed by atoms with Gasteiger partial charge in [-0.15, -0.1) is 11.8 Å². The van der Waals surface area contributed by atoms with Crippen LogP contribution in [0.5, 0.6) is 5.75 Å². The third-order valence-corrected chi connectivity index (χ3v) is 5.18. The first kappa shape index (κ1) is 20.1. The number of unbranched alkanes of at least 4 members (excludes halogenated alkanes) is 5. The zero-order chi connectivity index (χ0) is 18.5. The molecule has 0 fully saturated rings. The van der Waals surface area contributed by atoms with Gasteiger partial charge in [0.05, 0.1) is 7.11 Å². The van der Waals surface area contributed by atoms with Crippen LogP contribution < -0.4 is 10.1 Å². The van der Waals surface area contributed by atoms with Crippen LogP contribution in [0, 0.1) is 0 Å². The molecule has 0 heterocycles. The number of para-hydroxylation sites is 1. The second-order valence-electron chi connectivity index (χ2n) is 6.06. The predicted octanol–water partition coefficient (Wildman–Crippen LogP) is 6.17. The second kappa shape index (κ2) is 12.2. The Kier molecular flexibility index (Phi) is 9.41. The Morgan fingerprint density at radius 1 is 1.00 bits per heavy atom. The lowest BCUT2D eigenvalue weighted by molar-refractivity contribution is 0.000733. The first-order valence-electron chi connectivity index (χ1n) is 9.12. The van der Waals surface area contributed by atoms with Crippen LogP contribution in [0.2, 0.25) is 0 Å². The van der Waals surface area contributed by atoms with Crippen LogP contribution in [0.4, 0.5) is 11.4 Å². The SMILES string of the molecule is COc1cc(Nc2ccccc2)ccc1SCCCCCCCC=[N+]=[N-]. The summed E-state index contributed by atoms with van der Waals surface area (Å²) < 4.78 is 5.56. The molecule has 4 nitrogen and oxygen atoms in total.